The number of fused-ring (bicyclic) bond motifs is 1. The number of aromatic amines is 1. The fourth-order valence-corrected chi connectivity index (χ4v) is 3.43. The standard InChI is InChI=1S/C18H21F3N2O2/c1-2-25-12-8-7-11-9-16(22-15(11)10-12)17(24)23-14-6-4-3-5-13(14)18(19,20)21/h7-10,13-14,22H,2-6H2,1H3,(H,23,24). The van der Waals surface area contributed by atoms with Crippen molar-refractivity contribution in [3.8, 4) is 5.75 Å². The van der Waals surface area contributed by atoms with Crippen LogP contribution in [0.1, 0.15) is 43.1 Å². The third kappa shape index (κ3) is 3.91. The highest BCUT2D eigenvalue weighted by molar-refractivity contribution is 5.98. The predicted molar refractivity (Wildman–Crippen MR) is 88.7 cm³/mol. The summed E-state index contributed by atoms with van der Waals surface area (Å²) in [5.41, 5.74) is 0.974. The Morgan fingerprint density at radius 2 is 2.04 bits per heavy atom. The molecule has 136 valence electrons. The lowest BCUT2D eigenvalue weighted by Gasteiger charge is -2.33. The van der Waals surface area contributed by atoms with E-state index in [9.17, 15) is 18.0 Å². The van der Waals surface area contributed by atoms with Crippen molar-refractivity contribution < 1.29 is 22.7 Å². The Morgan fingerprint density at radius 1 is 1.28 bits per heavy atom. The van der Waals surface area contributed by atoms with Gasteiger partial charge in [-0.3, -0.25) is 4.79 Å². The van der Waals surface area contributed by atoms with Gasteiger partial charge >= 0.3 is 6.18 Å². The molecular weight excluding hydrogens is 333 g/mol. The van der Waals surface area contributed by atoms with Gasteiger partial charge in [0.2, 0.25) is 0 Å². The molecule has 1 aromatic heterocycles. The minimum atomic E-state index is -4.29. The molecule has 1 aromatic carbocycles. The molecule has 0 spiro atoms. The van der Waals surface area contributed by atoms with E-state index in [1.165, 1.54) is 0 Å². The van der Waals surface area contributed by atoms with Gasteiger partial charge in [-0.25, -0.2) is 0 Å². The van der Waals surface area contributed by atoms with Crippen LogP contribution in [0.2, 0.25) is 0 Å². The summed E-state index contributed by atoms with van der Waals surface area (Å²) >= 11 is 0. The smallest absolute Gasteiger partial charge is 0.393 e. The van der Waals surface area contributed by atoms with Crippen LogP contribution in [0, 0.1) is 5.92 Å². The van der Waals surface area contributed by atoms with Crippen LogP contribution in [-0.2, 0) is 0 Å². The van der Waals surface area contributed by atoms with Gasteiger partial charge in [0.15, 0.2) is 0 Å². The second-order valence-electron chi connectivity index (χ2n) is 6.38. The van der Waals surface area contributed by atoms with Crippen molar-refractivity contribution >= 4 is 16.8 Å². The van der Waals surface area contributed by atoms with Crippen LogP contribution in [0.25, 0.3) is 10.9 Å². The van der Waals surface area contributed by atoms with Crippen LogP contribution in [0.5, 0.6) is 5.75 Å². The van der Waals surface area contributed by atoms with Gasteiger partial charge in [-0.05, 0) is 38.0 Å². The molecule has 2 aromatic rings. The monoisotopic (exact) mass is 354 g/mol. The number of hydrogen-bond acceptors (Lipinski definition) is 2. The van der Waals surface area contributed by atoms with E-state index >= 15 is 0 Å². The van der Waals surface area contributed by atoms with Crippen LogP contribution >= 0.6 is 0 Å². The number of aromatic nitrogens is 1. The zero-order valence-corrected chi connectivity index (χ0v) is 14.0. The topological polar surface area (TPSA) is 54.1 Å². The summed E-state index contributed by atoms with van der Waals surface area (Å²) in [6, 6.07) is 6.15. The number of nitrogens with one attached hydrogen (secondary N) is 2. The highest BCUT2D eigenvalue weighted by Gasteiger charge is 2.46. The number of benzene rings is 1. The molecule has 0 saturated heterocycles. The SMILES string of the molecule is CCOc1ccc2cc(C(=O)NC3CCCCC3C(F)(F)F)[nH]c2c1. The molecule has 4 nitrogen and oxygen atoms in total. The Labute approximate surface area is 143 Å². The van der Waals surface area contributed by atoms with Crippen LogP contribution in [-0.4, -0.2) is 29.7 Å². The zero-order chi connectivity index (χ0) is 18.0. The predicted octanol–water partition coefficient (Wildman–Crippen LogP) is 4.42. The lowest BCUT2D eigenvalue weighted by atomic mass is 9.84. The van der Waals surface area contributed by atoms with Crippen molar-refractivity contribution in [2.75, 3.05) is 6.61 Å². The van der Waals surface area contributed by atoms with E-state index in [-0.39, 0.29) is 12.1 Å². The molecule has 1 aliphatic rings. The van der Waals surface area contributed by atoms with Crippen molar-refractivity contribution in [1.29, 1.82) is 0 Å². The van der Waals surface area contributed by atoms with E-state index in [0.29, 0.717) is 37.1 Å². The van der Waals surface area contributed by atoms with Gasteiger partial charge in [0.05, 0.1) is 12.5 Å². The van der Waals surface area contributed by atoms with Crippen molar-refractivity contribution in [3.05, 3.63) is 30.0 Å². The lowest BCUT2D eigenvalue weighted by Crippen LogP contribution is -2.47. The molecule has 1 amide bonds. The molecule has 7 heteroatoms. The summed E-state index contributed by atoms with van der Waals surface area (Å²) < 4.78 is 44.9. The zero-order valence-electron chi connectivity index (χ0n) is 14.0. The van der Waals surface area contributed by atoms with Gasteiger partial charge in [-0.15, -0.1) is 0 Å². The average molecular weight is 354 g/mol. The van der Waals surface area contributed by atoms with Gasteiger partial charge in [-0.1, -0.05) is 12.8 Å². The minimum Gasteiger partial charge on any atom is -0.494 e. The third-order valence-corrected chi connectivity index (χ3v) is 4.65. The minimum absolute atomic E-state index is 0.0683. The number of halogens is 3. The molecule has 1 saturated carbocycles. The Balaban J connectivity index is 1.77. The van der Waals surface area contributed by atoms with E-state index in [1.807, 2.05) is 13.0 Å². The van der Waals surface area contributed by atoms with E-state index in [2.05, 4.69) is 10.3 Å². The summed E-state index contributed by atoms with van der Waals surface area (Å²) in [5.74, 6) is -1.30. The Bertz CT molecular complexity index is 754. The third-order valence-electron chi connectivity index (χ3n) is 4.65. The molecule has 2 atom stereocenters. The largest absolute Gasteiger partial charge is 0.494 e. The highest BCUT2D eigenvalue weighted by atomic mass is 19.4. The molecule has 0 radical (unpaired) electrons. The Hall–Kier alpha value is -2.18. The van der Waals surface area contributed by atoms with Crippen LogP contribution in [0.3, 0.4) is 0 Å². The second-order valence-corrected chi connectivity index (χ2v) is 6.38. The van der Waals surface area contributed by atoms with Crippen molar-refractivity contribution in [1.82, 2.24) is 10.3 Å². The van der Waals surface area contributed by atoms with Crippen LogP contribution < -0.4 is 10.1 Å². The molecule has 0 aliphatic heterocycles. The molecular formula is C18H21F3N2O2. The Kier molecular flexibility index (Phi) is 4.92. The molecule has 1 fully saturated rings. The molecule has 1 heterocycles. The normalized spacial score (nSPS) is 21.3. The molecule has 3 rings (SSSR count). The fraction of sp³-hybridized carbons (Fsp3) is 0.500. The molecule has 0 bridgehead atoms. The first-order chi connectivity index (χ1) is 11.9. The fourth-order valence-electron chi connectivity index (χ4n) is 3.43. The first-order valence-electron chi connectivity index (χ1n) is 8.51. The summed E-state index contributed by atoms with van der Waals surface area (Å²) in [6.45, 7) is 2.40. The number of H-pyrrole nitrogens is 1. The first kappa shape index (κ1) is 17.6. The van der Waals surface area contributed by atoms with E-state index in [4.69, 9.17) is 4.74 Å². The maximum atomic E-state index is 13.2. The van der Waals surface area contributed by atoms with Gasteiger partial charge in [0.25, 0.3) is 5.91 Å². The van der Waals surface area contributed by atoms with Crippen molar-refractivity contribution in [2.45, 2.75) is 44.8 Å². The molecule has 25 heavy (non-hydrogen) atoms. The summed E-state index contributed by atoms with van der Waals surface area (Å²) in [7, 11) is 0. The number of carbonyl (C=O) groups excluding carboxylic acids is 1. The Morgan fingerprint density at radius 3 is 2.76 bits per heavy atom. The number of hydrogen-bond donors (Lipinski definition) is 2. The summed E-state index contributed by atoms with van der Waals surface area (Å²) in [6.07, 6.45) is -2.63. The number of carbonyl (C=O) groups is 1. The van der Waals surface area contributed by atoms with Gasteiger partial charge in [-0.2, -0.15) is 13.2 Å². The number of ether oxygens (including phenoxy) is 1. The summed E-state index contributed by atoms with van der Waals surface area (Å²) in [5, 5.41) is 3.38. The highest BCUT2D eigenvalue weighted by Crippen LogP contribution is 2.37. The van der Waals surface area contributed by atoms with Crippen molar-refractivity contribution in [2.24, 2.45) is 5.92 Å². The van der Waals surface area contributed by atoms with Gasteiger partial charge < -0.3 is 15.0 Å². The quantitative estimate of drug-likeness (QED) is 0.854. The number of amides is 1. The van der Waals surface area contributed by atoms with E-state index in [0.717, 1.165) is 5.39 Å². The van der Waals surface area contributed by atoms with E-state index in [1.54, 1.807) is 18.2 Å². The number of alkyl halides is 3. The van der Waals surface area contributed by atoms with Crippen LogP contribution in [0.4, 0.5) is 13.2 Å². The lowest BCUT2D eigenvalue weighted by molar-refractivity contribution is -0.187. The molecule has 1 aliphatic carbocycles. The van der Waals surface area contributed by atoms with Gasteiger partial charge in [0.1, 0.15) is 11.4 Å². The molecule has 2 unspecified atom stereocenters. The number of rotatable bonds is 4. The maximum Gasteiger partial charge on any atom is 0.393 e. The van der Waals surface area contributed by atoms with E-state index < -0.39 is 24.0 Å². The van der Waals surface area contributed by atoms with Crippen molar-refractivity contribution in [3.63, 3.8) is 0 Å². The first-order valence-corrected chi connectivity index (χ1v) is 8.51. The average Bonchev–Trinajstić information content (AvgIpc) is 2.98. The second kappa shape index (κ2) is 6.98. The van der Waals surface area contributed by atoms with Gasteiger partial charge in [0, 0.05) is 23.0 Å². The summed E-state index contributed by atoms with van der Waals surface area (Å²) in [4.78, 5) is 15.4. The van der Waals surface area contributed by atoms with Crippen LogP contribution in [0.15, 0.2) is 24.3 Å². The maximum absolute atomic E-state index is 13.2. The molecule has 2 N–H and O–H groups in total.